The molecule has 0 atom stereocenters. The molecule has 1 aromatic rings. The van der Waals surface area contributed by atoms with E-state index in [1.807, 2.05) is 7.05 Å². The number of carbonyl (C=O) groups excluding carboxylic acids is 1. The summed E-state index contributed by atoms with van der Waals surface area (Å²) in [6, 6.07) is 0. The first kappa shape index (κ1) is 10.9. The molecule has 4 heteroatoms. The van der Waals surface area contributed by atoms with Crippen molar-refractivity contribution in [1.82, 2.24) is 14.8 Å². The van der Waals surface area contributed by atoms with Crippen molar-refractivity contribution in [2.75, 3.05) is 0 Å². The molecule has 0 saturated heterocycles. The smallest absolute Gasteiger partial charge is 0.138 e. The van der Waals surface area contributed by atoms with Crippen LogP contribution >= 0.6 is 0 Å². The zero-order valence-electron chi connectivity index (χ0n) is 9.24. The van der Waals surface area contributed by atoms with E-state index in [0.29, 0.717) is 6.42 Å². The minimum atomic E-state index is -0.0351. The fourth-order valence-electron chi connectivity index (χ4n) is 1.64. The van der Waals surface area contributed by atoms with E-state index in [2.05, 4.69) is 23.9 Å². The average molecular weight is 195 g/mol. The molecule has 0 aromatic carbocycles. The van der Waals surface area contributed by atoms with Gasteiger partial charge in [-0.25, -0.2) is 4.98 Å². The van der Waals surface area contributed by atoms with E-state index >= 15 is 0 Å². The van der Waals surface area contributed by atoms with E-state index in [4.69, 9.17) is 0 Å². The molecule has 0 amide bonds. The van der Waals surface area contributed by atoms with Crippen LogP contribution in [0.2, 0.25) is 0 Å². The Morgan fingerprint density at radius 2 is 2.21 bits per heavy atom. The molecule has 14 heavy (non-hydrogen) atoms. The zero-order chi connectivity index (χ0) is 10.8. The van der Waals surface area contributed by atoms with Gasteiger partial charge in [0.05, 0.1) is 0 Å². The summed E-state index contributed by atoms with van der Waals surface area (Å²) in [6.45, 7) is 5.77. The second-order valence-corrected chi connectivity index (χ2v) is 4.52. The van der Waals surface area contributed by atoms with Crippen LogP contribution in [0.3, 0.4) is 0 Å². The van der Waals surface area contributed by atoms with E-state index in [-0.39, 0.29) is 11.2 Å². The van der Waals surface area contributed by atoms with E-state index in [1.54, 1.807) is 17.9 Å². The highest BCUT2D eigenvalue weighted by molar-refractivity contribution is 5.76. The third kappa shape index (κ3) is 2.94. The Bertz CT molecular complexity index is 328. The van der Waals surface area contributed by atoms with Crippen LogP contribution in [0.5, 0.6) is 0 Å². The summed E-state index contributed by atoms with van der Waals surface area (Å²) in [4.78, 5) is 15.2. The van der Waals surface area contributed by atoms with Crippen molar-refractivity contribution in [2.24, 2.45) is 12.5 Å². The summed E-state index contributed by atoms with van der Waals surface area (Å²) in [5.41, 5.74) is -0.0351. The van der Waals surface area contributed by atoms with Crippen LogP contribution in [0.1, 0.15) is 33.0 Å². The van der Waals surface area contributed by atoms with Crippen LogP contribution in [-0.2, 0) is 18.3 Å². The standard InChI is InChI=1S/C10H17N3O/c1-8(14)5-10(2,3)6-9-11-7-12-13(9)4/h7H,5-6H2,1-4H3. The predicted molar refractivity (Wildman–Crippen MR) is 53.8 cm³/mol. The number of rotatable bonds is 4. The van der Waals surface area contributed by atoms with Crippen LogP contribution in [0.4, 0.5) is 0 Å². The highest BCUT2D eigenvalue weighted by atomic mass is 16.1. The molecule has 1 heterocycles. The highest BCUT2D eigenvalue weighted by Gasteiger charge is 2.22. The molecule has 0 N–H and O–H groups in total. The first-order valence-electron chi connectivity index (χ1n) is 4.73. The van der Waals surface area contributed by atoms with E-state index in [9.17, 15) is 4.79 Å². The van der Waals surface area contributed by atoms with Crippen molar-refractivity contribution >= 4 is 5.78 Å². The molecule has 78 valence electrons. The molecule has 0 fully saturated rings. The van der Waals surface area contributed by atoms with E-state index in [0.717, 1.165) is 12.2 Å². The van der Waals surface area contributed by atoms with E-state index < -0.39 is 0 Å². The SMILES string of the molecule is CC(=O)CC(C)(C)Cc1ncnn1C. The van der Waals surface area contributed by atoms with E-state index in [1.165, 1.54) is 0 Å². The van der Waals surface area contributed by atoms with Crippen molar-refractivity contribution in [3.05, 3.63) is 12.2 Å². The second-order valence-electron chi connectivity index (χ2n) is 4.52. The van der Waals surface area contributed by atoms with Crippen LogP contribution < -0.4 is 0 Å². The lowest BCUT2D eigenvalue weighted by Crippen LogP contribution is -2.20. The van der Waals surface area contributed by atoms with Crippen LogP contribution in [-0.4, -0.2) is 20.5 Å². The molecule has 0 radical (unpaired) electrons. The van der Waals surface area contributed by atoms with Gasteiger partial charge in [0.2, 0.25) is 0 Å². The maximum Gasteiger partial charge on any atom is 0.138 e. The lowest BCUT2D eigenvalue weighted by atomic mass is 9.84. The van der Waals surface area contributed by atoms with Crippen molar-refractivity contribution in [3.63, 3.8) is 0 Å². The topological polar surface area (TPSA) is 47.8 Å². The maximum absolute atomic E-state index is 11.0. The molecular weight excluding hydrogens is 178 g/mol. The summed E-state index contributed by atoms with van der Waals surface area (Å²) in [6.07, 6.45) is 2.90. The first-order valence-corrected chi connectivity index (χ1v) is 4.73. The van der Waals surface area contributed by atoms with Crippen molar-refractivity contribution in [1.29, 1.82) is 0 Å². The molecule has 0 aliphatic heterocycles. The Hall–Kier alpha value is -1.19. The molecule has 1 rings (SSSR count). The minimum absolute atomic E-state index is 0.0351. The molecule has 0 unspecified atom stereocenters. The average Bonchev–Trinajstić information content (AvgIpc) is 2.32. The van der Waals surface area contributed by atoms with Gasteiger partial charge >= 0.3 is 0 Å². The summed E-state index contributed by atoms with van der Waals surface area (Å²) < 4.78 is 1.75. The zero-order valence-corrected chi connectivity index (χ0v) is 9.24. The summed E-state index contributed by atoms with van der Waals surface area (Å²) in [5.74, 6) is 1.15. The normalized spacial score (nSPS) is 11.7. The quantitative estimate of drug-likeness (QED) is 0.729. The number of nitrogens with zero attached hydrogens (tertiary/aromatic N) is 3. The van der Waals surface area contributed by atoms with Gasteiger partial charge in [0.25, 0.3) is 0 Å². The number of hydrogen-bond acceptors (Lipinski definition) is 3. The molecular formula is C10H17N3O. The Morgan fingerprint density at radius 3 is 2.64 bits per heavy atom. The van der Waals surface area contributed by atoms with Gasteiger partial charge in [-0.2, -0.15) is 5.10 Å². The Morgan fingerprint density at radius 1 is 1.57 bits per heavy atom. The predicted octanol–water partition coefficient (Wildman–Crippen LogP) is 1.36. The first-order chi connectivity index (χ1) is 6.41. The summed E-state index contributed by atoms with van der Waals surface area (Å²) >= 11 is 0. The number of aromatic nitrogens is 3. The van der Waals surface area contributed by atoms with Crippen LogP contribution in [0.15, 0.2) is 6.33 Å². The van der Waals surface area contributed by atoms with Gasteiger partial charge in [0, 0.05) is 19.9 Å². The van der Waals surface area contributed by atoms with Gasteiger partial charge in [-0.15, -0.1) is 0 Å². The Kier molecular flexibility index (Phi) is 3.03. The molecule has 0 saturated carbocycles. The van der Waals surface area contributed by atoms with Crippen LogP contribution in [0, 0.1) is 5.41 Å². The van der Waals surface area contributed by atoms with Gasteiger partial charge in [-0.05, 0) is 12.3 Å². The number of ketones is 1. The summed E-state index contributed by atoms with van der Waals surface area (Å²) in [5, 5.41) is 4.00. The van der Waals surface area contributed by atoms with Gasteiger partial charge in [0.1, 0.15) is 17.9 Å². The number of Topliss-reactive ketones (excluding diaryl/α,β-unsaturated/α-hetero) is 1. The van der Waals surface area contributed by atoms with Crippen molar-refractivity contribution in [3.8, 4) is 0 Å². The number of carbonyl (C=O) groups is 1. The van der Waals surface area contributed by atoms with Gasteiger partial charge in [-0.3, -0.25) is 4.68 Å². The second kappa shape index (κ2) is 3.90. The fourth-order valence-corrected chi connectivity index (χ4v) is 1.64. The monoisotopic (exact) mass is 195 g/mol. The van der Waals surface area contributed by atoms with Gasteiger partial charge in [-0.1, -0.05) is 13.8 Å². The Balaban J connectivity index is 2.68. The fraction of sp³-hybridized carbons (Fsp3) is 0.700. The molecule has 0 bridgehead atoms. The van der Waals surface area contributed by atoms with Crippen molar-refractivity contribution in [2.45, 2.75) is 33.6 Å². The molecule has 0 aliphatic rings. The summed E-state index contributed by atoms with van der Waals surface area (Å²) in [7, 11) is 1.87. The molecule has 0 spiro atoms. The third-order valence-electron chi connectivity index (χ3n) is 2.17. The minimum Gasteiger partial charge on any atom is -0.300 e. The van der Waals surface area contributed by atoms with Crippen molar-refractivity contribution < 1.29 is 4.79 Å². The van der Waals surface area contributed by atoms with Gasteiger partial charge < -0.3 is 4.79 Å². The van der Waals surface area contributed by atoms with Gasteiger partial charge in [0.15, 0.2) is 0 Å². The largest absolute Gasteiger partial charge is 0.300 e. The lowest BCUT2D eigenvalue weighted by Gasteiger charge is -2.22. The molecule has 1 aromatic heterocycles. The van der Waals surface area contributed by atoms with Crippen LogP contribution in [0.25, 0.3) is 0 Å². The Labute approximate surface area is 84.3 Å². The molecule has 0 aliphatic carbocycles. The number of aryl methyl sites for hydroxylation is 1. The molecule has 4 nitrogen and oxygen atoms in total. The highest BCUT2D eigenvalue weighted by Crippen LogP contribution is 2.24. The maximum atomic E-state index is 11.0. The third-order valence-corrected chi connectivity index (χ3v) is 2.17. The number of hydrogen-bond donors (Lipinski definition) is 0. The lowest BCUT2D eigenvalue weighted by molar-refractivity contribution is -0.118.